The van der Waals surface area contributed by atoms with Crippen LogP contribution in [0.1, 0.15) is 31.2 Å². The lowest BCUT2D eigenvalue weighted by Gasteiger charge is -2.20. The largest absolute Gasteiger partial charge is 0.481 e. The Morgan fingerprint density at radius 3 is 2.33 bits per heavy atom. The predicted molar refractivity (Wildman–Crippen MR) is 73.2 cm³/mol. The second-order valence-electron chi connectivity index (χ2n) is 4.89. The van der Waals surface area contributed by atoms with Gasteiger partial charge in [0.05, 0.1) is 5.92 Å². The molecule has 0 bridgehead atoms. The summed E-state index contributed by atoms with van der Waals surface area (Å²) in [4.78, 5) is 11.4. The molecule has 1 aromatic carbocycles. The average molecular weight is 287 g/mol. The quantitative estimate of drug-likeness (QED) is 0.889. The summed E-state index contributed by atoms with van der Waals surface area (Å²) >= 11 is 12.2. The van der Waals surface area contributed by atoms with Crippen LogP contribution in [0.2, 0.25) is 10.0 Å². The molecule has 18 heavy (non-hydrogen) atoms. The van der Waals surface area contributed by atoms with E-state index in [2.05, 4.69) is 0 Å². The first-order valence-electron chi connectivity index (χ1n) is 6.25. The maximum Gasteiger partial charge on any atom is 0.307 e. The van der Waals surface area contributed by atoms with Gasteiger partial charge in [-0.1, -0.05) is 42.1 Å². The van der Waals surface area contributed by atoms with Gasteiger partial charge in [-0.15, -0.1) is 0 Å². The third-order valence-corrected chi connectivity index (χ3v) is 4.48. The number of carboxylic acids is 1. The summed E-state index contributed by atoms with van der Waals surface area (Å²) in [5, 5.41) is 10.5. The molecule has 1 fully saturated rings. The molecule has 1 aliphatic rings. The Balaban J connectivity index is 2.20. The van der Waals surface area contributed by atoms with E-state index in [0.717, 1.165) is 31.2 Å². The second-order valence-corrected chi connectivity index (χ2v) is 5.71. The van der Waals surface area contributed by atoms with Crippen LogP contribution in [0.3, 0.4) is 0 Å². The fraction of sp³-hybridized carbons (Fsp3) is 0.500. The first kappa shape index (κ1) is 13.7. The Morgan fingerprint density at radius 2 is 1.83 bits per heavy atom. The minimum Gasteiger partial charge on any atom is -0.481 e. The Labute approximate surface area is 117 Å². The monoisotopic (exact) mass is 286 g/mol. The van der Waals surface area contributed by atoms with Gasteiger partial charge in [0.1, 0.15) is 0 Å². The normalized spacial score (nSPS) is 17.9. The molecule has 1 aromatic rings. The van der Waals surface area contributed by atoms with E-state index < -0.39 is 5.97 Å². The van der Waals surface area contributed by atoms with Gasteiger partial charge < -0.3 is 5.11 Å². The molecule has 1 N–H and O–H groups in total. The Hall–Kier alpha value is -0.730. The molecule has 0 spiro atoms. The molecule has 0 heterocycles. The minimum absolute atomic E-state index is 0.259. The standard InChI is InChI=1S/C14H16Cl2O2/c15-12-6-3-7-13(16)11(12)8-10(14(17)18)9-4-1-2-5-9/h3,6-7,9-10H,1-2,4-5,8H2,(H,17,18). The van der Waals surface area contributed by atoms with Gasteiger partial charge >= 0.3 is 5.97 Å². The number of halogens is 2. The number of hydrogen-bond acceptors (Lipinski definition) is 1. The lowest BCUT2D eigenvalue weighted by atomic mass is 9.85. The molecule has 1 atom stereocenters. The predicted octanol–water partition coefficient (Wildman–Crippen LogP) is 4.43. The maximum absolute atomic E-state index is 11.4. The van der Waals surface area contributed by atoms with Crippen LogP contribution in [0.4, 0.5) is 0 Å². The van der Waals surface area contributed by atoms with Crippen molar-refractivity contribution in [3.63, 3.8) is 0 Å². The van der Waals surface area contributed by atoms with E-state index in [-0.39, 0.29) is 11.8 Å². The van der Waals surface area contributed by atoms with E-state index in [1.807, 2.05) is 0 Å². The zero-order chi connectivity index (χ0) is 13.1. The lowest BCUT2D eigenvalue weighted by Crippen LogP contribution is -2.24. The van der Waals surface area contributed by atoms with E-state index in [1.54, 1.807) is 18.2 Å². The molecule has 98 valence electrons. The van der Waals surface area contributed by atoms with Crippen LogP contribution in [0.15, 0.2) is 18.2 Å². The molecule has 0 amide bonds. The van der Waals surface area contributed by atoms with Gasteiger partial charge in [0, 0.05) is 10.0 Å². The Kier molecular flexibility index (Phi) is 4.52. The third-order valence-electron chi connectivity index (χ3n) is 3.77. The Morgan fingerprint density at radius 1 is 1.28 bits per heavy atom. The van der Waals surface area contributed by atoms with Crippen LogP contribution in [-0.2, 0) is 11.2 Å². The smallest absolute Gasteiger partial charge is 0.307 e. The zero-order valence-electron chi connectivity index (χ0n) is 10.0. The molecule has 0 radical (unpaired) electrons. The molecule has 4 heteroatoms. The fourth-order valence-electron chi connectivity index (χ4n) is 2.76. The summed E-state index contributed by atoms with van der Waals surface area (Å²) in [5.41, 5.74) is 0.764. The first-order valence-corrected chi connectivity index (χ1v) is 7.01. The van der Waals surface area contributed by atoms with Crippen LogP contribution in [0.5, 0.6) is 0 Å². The number of carbonyl (C=O) groups is 1. The highest BCUT2D eigenvalue weighted by molar-refractivity contribution is 6.36. The molecular formula is C14H16Cl2O2. The average Bonchev–Trinajstić information content (AvgIpc) is 2.81. The van der Waals surface area contributed by atoms with Crippen molar-refractivity contribution in [2.75, 3.05) is 0 Å². The summed E-state index contributed by atoms with van der Waals surface area (Å²) in [6.07, 6.45) is 4.69. The van der Waals surface area contributed by atoms with Gasteiger partial charge in [-0.3, -0.25) is 4.79 Å². The number of aliphatic carboxylic acids is 1. The van der Waals surface area contributed by atoms with Crippen molar-refractivity contribution >= 4 is 29.2 Å². The van der Waals surface area contributed by atoms with Gasteiger partial charge in [-0.05, 0) is 42.9 Å². The number of benzene rings is 1. The van der Waals surface area contributed by atoms with E-state index in [9.17, 15) is 9.90 Å². The lowest BCUT2D eigenvalue weighted by molar-refractivity contribution is -0.143. The fourth-order valence-corrected chi connectivity index (χ4v) is 3.31. The second kappa shape index (κ2) is 5.94. The number of rotatable bonds is 4. The van der Waals surface area contributed by atoms with Crippen molar-refractivity contribution in [1.29, 1.82) is 0 Å². The zero-order valence-corrected chi connectivity index (χ0v) is 11.5. The molecule has 1 saturated carbocycles. The van der Waals surface area contributed by atoms with Gasteiger partial charge in [0.25, 0.3) is 0 Å². The SMILES string of the molecule is O=C(O)C(Cc1c(Cl)cccc1Cl)C1CCCC1. The van der Waals surface area contributed by atoms with Gasteiger partial charge in [0.2, 0.25) is 0 Å². The van der Waals surface area contributed by atoms with Gasteiger partial charge in [-0.25, -0.2) is 0 Å². The summed E-state index contributed by atoms with van der Waals surface area (Å²) in [6, 6.07) is 5.30. The van der Waals surface area contributed by atoms with Crippen LogP contribution in [0, 0.1) is 11.8 Å². The summed E-state index contributed by atoms with van der Waals surface area (Å²) in [7, 11) is 0. The topological polar surface area (TPSA) is 37.3 Å². The molecule has 1 aliphatic carbocycles. The third kappa shape index (κ3) is 2.99. The van der Waals surface area contributed by atoms with Gasteiger partial charge in [-0.2, -0.15) is 0 Å². The molecule has 0 aliphatic heterocycles. The van der Waals surface area contributed by atoms with Crippen molar-refractivity contribution in [2.24, 2.45) is 11.8 Å². The van der Waals surface area contributed by atoms with E-state index in [0.29, 0.717) is 16.5 Å². The molecule has 2 nitrogen and oxygen atoms in total. The molecular weight excluding hydrogens is 271 g/mol. The van der Waals surface area contributed by atoms with E-state index in [1.165, 1.54) is 0 Å². The maximum atomic E-state index is 11.4. The van der Waals surface area contributed by atoms with Crippen molar-refractivity contribution in [2.45, 2.75) is 32.1 Å². The van der Waals surface area contributed by atoms with E-state index in [4.69, 9.17) is 23.2 Å². The van der Waals surface area contributed by atoms with E-state index >= 15 is 0 Å². The first-order chi connectivity index (χ1) is 8.59. The highest BCUT2D eigenvalue weighted by atomic mass is 35.5. The molecule has 0 saturated heterocycles. The molecule has 1 unspecified atom stereocenters. The Bertz CT molecular complexity index is 419. The van der Waals surface area contributed by atoms with Crippen molar-refractivity contribution in [1.82, 2.24) is 0 Å². The summed E-state index contributed by atoms with van der Waals surface area (Å²) in [6.45, 7) is 0. The molecule has 0 aromatic heterocycles. The van der Waals surface area contributed by atoms with Gasteiger partial charge in [0.15, 0.2) is 0 Å². The minimum atomic E-state index is -0.738. The summed E-state index contributed by atoms with van der Waals surface area (Å²) < 4.78 is 0. The highest BCUT2D eigenvalue weighted by Gasteiger charge is 2.31. The highest BCUT2D eigenvalue weighted by Crippen LogP contribution is 2.36. The molecule has 2 rings (SSSR count). The van der Waals surface area contributed by atoms with Crippen molar-refractivity contribution < 1.29 is 9.90 Å². The van der Waals surface area contributed by atoms with Crippen LogP contribution < -0.4 is 0 Å². The van der Waals surface area contributed by atoms with Crippen LogP contribution >= 0.6 is 23.2 Å². The van der Waals surface area contributed by atoms with Crippen LogP contribution in [0.25, 0.3) is 0 Å². The van der Waals surface area contributed by atoms with Crippen molar-refractivity contribution in [3.8, 4) is 0 Å². The van der Waals surface area contributed by atoms with Crippen molar-refractivity contribution in [3.05, 3.63) is 33.8 Å². The van der Waals surface area contributed by atoms with Crippen LogP contribution in [-0.4, -0.2) is 11.1 Å². The number of carboxylic acid groups (broad SMARTS) is 1. The summed E-state index contributed by atoms with van der Waals surface area (Å²) in [5.74, 6) is -0.849. The number of hydrogen-bond donors (Lipinski definition) is 1.